The van der Waals surface area contributed by atoms with Crippen molar-refractivity contribution in [2.24, 2.45) is 0 Å². The number of aryl methyl sites for hydroxylation is 1. The average Bonchev–Trinajstić information content (AvgIpc) is 2.58. The molecular formula is C21H28N2O3. The van der Waals surface area contributed by atoms with E-state index >= 15 is 0 Å². The Hall–Kier alpha value is -2.43. The molecule has 0 fully saturated rings. The maximum Gasteiger partial charge on any atom is 0.306 e. The normalized spacial score (nSPS) is 11.3. The quantitative estimate of drug-likeness (QED) is 0.549. The Labute approximate surface area is 155 Å². The molecule has 1 heterocycles. The molecule has 1 aromatic carbocycles. The molecule has 0 unspecified atom stereocenters. The number of hydrogen-bond donors (Lipinski definition) is 1. The fraction of sp³-hybridized carbons (Fsp3) is 0.476. The zero-order chi connectivity index (χ0) is 19.0. The van der Waals surface area contributed by atoms with E-state index in [0.717, 1.165) is 43.2 Å². The van der Waals surface area contributed by atoms with Crippen molar-refractivity contribution >= 4 is 5.97 Å². The van der Waals surface area contributed by atoms with Crippen molar-refractivity contribution in [2.45, 2.75) is 64.9 Å². The van der Waals surface area contributed by atoms with Crippen LogP contribution in [0.1, 0.15) is 58.4 Å². The van der Waals surface area contributed by atoms with Crippen molar-refractivity contribution in [1.82, 2.24) is 9.97 Å². The summed E-state index contributed by atoms with van der Waals surface area (Å²) in [5.74, 6) is 0.777. The molecule has 0 aliphatic heterocycles. The number of hydrogen-bond acceptors (Lipinski definition) is 5. The van der Waals surface area contributed by atoms with E-state index in [0.29, 0.717) is 12.2 Å². The fourth-order valence-electron chi connectivity index (χ4n) is 2.59. The van der Waals surface area contributed by atoms with E-state index in [2.05, 4.69) is 9.97 Å². The smallest absolute Gasteiger partial charge is 0.306 e. The SMILES string of the molecule is CC(C)(C)OC(=O)CCCCCCc1cnc(-c2ccc(O)cc2)nc1. The Morgan fingerprint density at radius 2 is 1.62 bits per heavy atom. The predicted molar refractivity (Wildman–Crippen MR) is 102 cm³/mol. The molecule has 2 rings (SSSR count). The number of nitrogens with zero attached hydrogens (tertiary/aromatic N) is 2. The largest absolute Gasteiger partial charge is 0.508 e. The molecule has 26 heavy (non-hydrogen) atoms. The van der Waals surface area contributed by atoms with E-state index < -0.39 is 5.60 Å². The van der Waals surface area contributed by atoms with E-state index in [1.165, 1.54) is 0 Å². The minimum absolute atomic E-state index is 0.115. The third kappa shape index (κ3) is 7.21. The van der Waals surface area contributed by atoms with Crippen LogP contribution >= 0.6 is 0 Å². The molecule has 0 spiro atoms. The van der Waals surface area contributed by atoms with Crippen molar-refractivity contribution in [1.29, 1.82) is 0 Å². The Bertz CT molecular complexity index is 689. The van der Waals surface area contributed by atoms with E-state index in [-0.39, 0.29) is 11.7 Å². The lowest BCUT2D eigenvalue weighted by Crippen LogP contribution is -2.23. The summed E-state index contributed by atoms with van der Waals surface area (Å²) in [7, 11) is 0. The van der Waals surface area contributed by atoms with Gasteiger partial charge in [0, 0.05) is 24.4 Å². The van der Waals surface area contributed by atoms with Crippen molar-refractivity contribution in [3.8, 4) is 17.1 Å². The molecule has 0 saturated carbocycles. The Morgan fingerprint density at radius 3 is 2.23 bits per heavy atom. The first-order valence-electron chi connectivity index (χ1n) is 9.16. The molecule has 140 valence electrons. The molecule has 0 bridgehead atoms. The number of unbranched alkanes of at least 4 members (excludes halogenated alkanes) is 3. The minimum atomic E-state index is -0.399. The molecular weight excluding hydrogens is 328 g/mol. The van der Waals surface area contributed by atoms with Crippen molar-refractivity contribution in [3.63, 3.8) is 0 Å². The van der Waals surface area contributed by atoms with Gasteiger partial charge in [0.1, 0.15) is 11.4 Å². The molecule has 0 radical (unpaired) electrons. The first-order chi connectivity index (χ1) is 12.3. The number of aromatic nitrogens is 2. The second-order valence-electron chi connectivity index (χ2n) is 7.46. The highest BCUT2D eigenvalue weighted by molar-refractivity contribution is 5.69. The Balaban J connectivity index is 1.66. The summed E-state index contributed by atoms with van der Waals surface area (Å²) in [6, 6.07) is 6.86. The first-order valence-corrected chi connectivity index (χ1v) is 9.16. The summed E-state index contributed by atoms with van der Waals surface area (Å²) in [6.45, 7) is 5.67. The van der Waals surface area contributed by atoms with Gasteiger partial charge in [0.25, 0.3) is 0 Å². The molecule has 0 atom stereocenters. The second-order valence-corrected chi connectivity index (χ2v) is 7.46. The van der Waals surface area contributed by atoms with Crippen LogP contribution < -0.4 is 0 Å². The Morgan fingerprint density at radius 1 is 1.00 bits per heavy atom. The van der Waals surface area contributed by atoms with E-state index in [9.17, 15) is 9.90 Å². The number of esters is 1. The molecule has 5 nitrogen and oxygen atoms in total. The minimum Gasteiger partial charge on any atom is -0.508 e. The summed E-state index contributed by atoms with van der Waals surface area (Å²) in [4.78, 5) is 20.4. The summed E-state index contributed by atoms with van der Waals surface area (Å²) >= 11 is 0. The van der Waals surface area contributed by atoms with Crippen LogP contribution in [0.25, 0.3) is 11.4 Å². The van der Waals surface area contributed by atoms with Gasteiger partial charge in [-0.1, -0.05) is 12.8 Å². The fourth-order valence-corrected chi connectivity index (χ4v) is 2.59. The number of ether oxygens (including phenoxy) is 1. The van der Waals surface area contributed by atoms with Gasteiger partial charge in [-0.3, -0.25) is 4.79 Å². The molecule has 0 saturated heterocycles. The van der Waals surface area contributed by atoms with Gasteiger partial charge in [0.05, 0.1) is 0 Å². The predicted octanol–water partition coefficient (Wildman–Crippen LogP) is 4.68. The van der Waals surface area contributed by atoms with Crippen LogP contribution in [0, 0.1) is 0 Å². The van der Waals surface area contributed by atoms with Crippen LogP contribution in [0.4, 0.5) is 0 Å². The number of phenols is 1. The van der Waals surface area contributed by atoms with Crippen LogP contribution in [-0.4, -0.2) is 26.6 Å². The summed E-state index contributed by atoms with van der Waals surface area (Å²) in [6.07, 6.45) is 9.14. The Kier molecular flexibility index (Phi) is 7.13. The zero-order valence-electron chi connectivity index (χ0n) is 15.9. The lowest BCUT2D eigenvalue weighted by atomic mass is 10.1. The van der Waals surface area contributed by atoms with Crippen LogP contribution in [-0.2, 0) is 16.0 Å². The van der Waals surface area contributed by atoms with Gasteiger partial charge in [-0.15, -0.1) is 0 Å². The number of rotatable bonds is 8. The summed E-state index contributed by atoms with van der Waals surface area (Å²) in [5.41, 5.74) is 1.60. The molecule has 2 aromatic rings. The van der Waals surface area contributed by atoms with Crippen LogP contribution in [0.2, 0.25) is 0 Å². The summed E-state index contributed by atoms with van der Waals surface area (Å²) in [5, 5.41) is 9.32. The highest BCUT2D eigenvalue weighted by atomic mass is 16.6. The van der Waals surface area contributed by atoms with E-state index in [1.54, 1.807) is 24.3 Å². The standard InChI is InChI=1S/C21H28N2O3/c1-21(2,3)26-19(25)9-7-5-4-6-8-16-14-22-20(23-15-16)17-10-12-18(24)13-11-17/h10-15,24H,4-9H2,1-3H3. The zero-order valence-corrected chi connectivity index (χ0v) is 15.9. The summed E-state index contributed by atoms with van der Waals surface area (Å²) < 4.78 is 5.30. The average molecular weight is 356 g/mol. The molecule has 1 aromatic heterocycles. The topological polar surface area (TPSA) is 72.3 Å². The maximum atomic E-state index is 11.6. The lowest BCUT2D eigenvalue weighted by Gasteiger charge is -2.19. The third-order valence-electron chi connectivity index (χ3n) is 3.85. The number of carbonyl (C=O) groups is 1. The molecule has 0 amide bonds. The highest BCUT2D eigenvalue weighted by Gasteiger charge is 2.15. The van der Waals surface area contributed by atoms with Gasteiger partial charge in [0.2, 0.25) is 0 Å². The molecule has 5 heteroatoms. The van der Waals surface area contributed by atoms with Gasteiger partial charge < -0.3 is 9.84 Å². The van der Waals surface area contributed by atoms with Gasteiger partial charge in [-0.05, 0) is 69.9 Å². The molecule has 1 N–H and O–H groups in total. The van der Waals surface area contributed by atoms with Crippen LogP contribution in [0.5, 0.6) is 5.75 Å². The lowest BCUT2D eigenvalue weighted by molar-refractivity contribution is -0.154. The monoisotopic (exact) mass is 356 g/mol. The second kappa shape index (κ2) is 9.32. The van der Waals surface area contributed by atoms with Crippen molar-refractivity contribution in [2.75, 3.05) is 0 Å². The van der Waals surface area contributed by atoms with Crippen molar-refractivity contribution < 1.29 is 14.6 Å². The maximum absolute atomic E-state index is 11.6. The van der Waals surface area contributed by atoms with Gasteiger partial charge in [0.15, 0.2) is 5.82 Å². The van der Waals surface area contributed by atoms with E-state index in [4.69, 9.17) is 4.74 Å². The van der Waals surface area contributed by atoms with Gasteiger partial charge in [-0.25, -0.2) is 9.97 Å². The number of carbonyl (C=O) groups excluding carboxylic acids is 1. The third-order valence-corrected chi connectivity index (χ3v) is 3.85. The van der Waals surface area contributed by atoms with Crippen molar-refractivity contribution in [3.05, 3.63) is 42.2 Å². The van der Waals surface area contributed by atoms with Crippen LogP contribution in [0.15, 0.2) is 36.7 Å². The molecule has 0 aliphatic rings. The number of benzene rings is 1. The van der Waals surface area contributed by atoms with E-state index in [1.807, 2.05) is 33.2 Å². The first kappa shape index (κ1) is 19.9. The highest BCUT2D eigenvalue weighted by Crippen LogP contribution is 2.18. The van der Waals surface area contributed by atoms with Gasteiger partial charge in [-0.2, -0.15) is 0 Å². The van der Waals surface area contributed by atoms with Gasteiger partial charge >= 0.3 is 5.97 Å². The number of aromatic hydroxyl groups is 1. The molecule has 0 aliphatic carbocycles. The number of phenolic OH excluding ortho intramolecular Hbond substituents is 1. The van der Waals surface area contributed by atoms with Crippen LogP contribution in [0.3, 0.4) is 0 Å².